The van der Waals surface area contributed by atoms with Crippen molar-refractivity contribution in [2.45, 2.75) is 84.6 Å². The summed E-state index contributed by atoms with van der Waals surface area (Å²) in [5.41, 5.74) is 4.00. The van der Waals surface area contributed by atoms with Crippen LogP contribution in [0.1, 0.15) is 69.4 Å². The maximum Gasteiger partial charge on any atom is 0.408 e. The van der Waals surface area contributed by atoms with Crippen LogP contribution in [0.4, 0.5) is 9.59 Å². The first-order chi connectivity index (χ1) is 26.6. The summed E-state index contributed by atoms with van der Waals surface area (Å²) in [6, 6.07) is 21.5. The zero-order valence-electron chi connectivity index (χ0n) is 32.9. The molecule has 0 saturated heterocycles. The van der Waals surface area contributed by atoms with Crippen molar-refractivity contribution >= 4 is 35.3 Å². The monoisotopic (exact) mass is 786 g/mol. The third kappa shape index (κ3) is 13.7. The summed E-state index contributed by atoms with van der Waals surface area (Å²) in [5.74, 6) is -1.17. The molecular weight excluding hydrogens is 733 g/mol. The van der Waals surface area contributed by atoms with E-state index in [9.17, 15) is 24.3 Å². The molecule has 3 unspecified atom stereocenters. The summed E-state index contributed by atoms with van der Waals surface area (Å²) in [6.45, 7) is 9.57. The fourth-order valence-electron chi connectivity index (χ4n) is 6.23. The van der Waals surface area contributed by atoms with Gasteiger partial charge in [-0.2, -0.15) is 0 Å². The van der Waals surface area contributed by atoms with Gasteiger partial charge in [0.25, 0.3) is 0 Å². The number of benzene rings is 2. The number of aliphatic hydroxyl groups excluding tert-OH is 1. The number of carbonyl (C=O) groups is 4. The molecule has 0 bridgehead atoms. The Labute approximate surface area is 333 Å². The Morgan fingerprint density at radius 3 is 2.21 bits per heavy atom. The quantitative estimate of drug-likeness (QED) is 0.0809. The number of ether oxygens (including phenoxy) is 2. The average molecular weight is 787 g/mol. The Hall–Kier alpha value is -5.34. The number of hydrogen-bond donors (Lipinski definition) is 5. The summed E-state index contributed by atoms with van der Waals surface area (Å²) >= 11 is 1.35. The average Bonchev–Trinajstić information content (AvgIpc) is 3.70. The van der Waals surface area contributed by atoms with Gasteiger partial charge in [0.15, 0.2) is 0 Å². The van der Waals surface area contributed by atoms with Crippen molar-refractivity contribution in [3.05, 3.63) is 107 Å². The van der Waals surface area contributed by atoms with Gasteiger partial charge in [0, 0.05) is 43.4 Å². The normalized spacial score (nSPS) is 13.7. The predicted molar refractivity (Wildman–Crippen MR) is 216 cm³/mol. The molecule has 0 aliphatic rings. The molecule has 0 spiro atoms. The third-order valence-corrected chi connectivity index (χ3v) is 10.0. The predicted octanol–water partition coefficient (Wildman–Crippen LogP) is 6.00. The van der Waals surface area contributed by atoms with Gasteiger partial charge < -0.3 is 35.8 Å². The fourth-order valence-corrected chi connectivity index (χ4v) is 6.74. The molecule has 14 heteroatoms. The molecule has 4 aromatic rings. The molecule has 0 saturated carbocycles. The van der Waals surface area contributed by atoms with Crippen LogP contribution in [0, 0.1) is 10.8 Å². The molecule has 0 fully saturated rings. The van der Waals surface area contributed by atoms with E-state index in [0.29, 0.717) is 6.42 Å². The smallest absolute Gasteiger partial charge is 0.408 e. The van der Waals surface area contributed by atoms with Gasteiger partial charge >= 0.3 is 12.2 Å². The molecule has 4 amide bonds. The highest BCUT2D eigenvalue weighted by atomic mass is 32.1. The van der Waals surface area contributed by atoms with Gasteiger partial charge in [-0.3, -0.25) is 19.6 Å². The Balaban J connectivity index is 1.58. The van der Waals surface area contributed by atoms with Crippen LogP contribution in [0.15, 0.2) is 90.7 Å². The molecule has 0 radical (unpaired) electrons. The van der Waals surface area contributed by atoms with Gasteiger partial charge in [0.05, 0.1) is 35.3 Å². The van der Waals surface area contributed by atoms with Crippen LogP contribution in [0.25, 0.3) is 11.3 Å². The van der Waals surface area contributed by atoms with E-state index >= 15 is 0 Å². The van der Waals surface area contributed by atoms with Crippen LogP contribution in [-0.2, 0) is 32.1 Å². The van der Waals surface area contributed by atoms with Crippen molar-refractivity contribution in [2.24, 2.45) is 10.8 Å². The molecule has 300 valence electrons. The van der Waals surface area contributed by atoms with Crippen LogP contribution in [-0.4, -0.2) is 77.5 Å². The summed E-state index contributed by atoms with van der Waals surface area (Å²) in [4.78, 5) is 61.1. The molecule has 2 aromatic carbocycles. The second-order valence-electron chi connectivity index (χ2n) is 15.5. The standard InChI is InChI=1S/C42H54N6O7S/c1-41(2,3)37(48-40(53)55-25-31-24-43-27-56-31)38(51)47-36(34(49)19-21-45-35(50)23-42(4,5)26-46-39(52)54-6)32(29-12-8-7-9-13-29)22-28-15-17-30(18-16-28)33-14-10-11-20-44-33/h7-18,20,24,27,32,34,36-37,49H,19,21-23,25-26H2,1-6H3,(H,45,50)(H,46,52)(H,47,51)(H,48,53)/t32?,34?,36?,37-/m1/s1. The molecule has 0 aliphatic carbocycles. The zero-order chi connectivity index (χ0) is 40.7. The first-order valence-electron chi connectivity index (χ1n) is 18.6. The number of hydrogen-bond acceptors (Lipinski definition) is 10. The van der Waals surface area contributed by atoms with Gasteiger partial charge in [0.1, 0.15) is 12.6 Å². The lowest BCUT2D eigenvalue weighted by Crippen LogP contribution is -2.58. The molecule has 0 aliphatic heterocycles. The highest BCUT2D eigenvalue weighted by molar-refractivity contribution is 7.09. The van der Waals surface area contributed by atoms with Crippen molar-refractivity contribution in [1.82, 2.24) is 31.2 Å². The second kappa shape index (κ2) is 20.5. The minimum absolute atomic E-state index is 0.0101. The first-order valence-corrected chi connectivity index (χ1v) is 19.5. The van der Waals surface area contributed by atoms with Gasteiger partial charge in [0.2, 0.25) is 11.8 Å². The Bertz CT molecular complexity index is 1830. The van der Waals surface area contributed by atoms with Gasteiger partial charge in [-0.15, -0.1) is 11.3 Å². The number of alkyl carbamates (subject to hydrolysis) is 2. The zero-order valence-corrected chi connectivity index (χ0v) is 33.7. The van der Waals surface area contributed by atoms with E-state index in [1.165, 1.54) is 18.4 Å². The Kier molecular flexibility index (Phi) is 15.9. The van der Waals surface area contributed by atoms with E-state index in [2.05, 4.69) is 36.0 Å². The van der Waals surface area contributed by atoms with Gasteiger partial charge in [-0.1, -0.05) is 95.3 Å². The highest BCUT2D eigenvalue weighted by Gasteiger charge is 2.38. The van der Waals surface area contributed by atoms with Crippen LogP contribution in [0.2, 0.25) is 0 Å². The molecule has 56 heavy (non-hydrogen) atoms. The second-order valence-corrected chi connectivity index (χ2v) is 16.5. The van der Waals surface area contributed by atoms with Crippen molar-refractivity contribution in [2.75, 3.05) is 20.2 Å². The van der Waals surface area contributed by atoms with Gasteiger partial charge in [-0.25, -0.2) is 9.59 Å². The van der Waals surface area contributed by atoms with Crippen molar-refractivity contribution in [3.8, 4) is 11.3 Å². The molecule has 2 aromatic heterocycles. The number of aliphatic hydroxyl groups is 1. The Morgan fingerprint density at radius 1 is 0.875 bits per heavy atom. The van der Waals surface area contributed by atoms with Crippen LogP contribution in [0.5, 0.6) is 0 Å². The van der Waals surface area contributed by atoms with Crippen LogP contribution >= 0.6 is 11.3 Å². The molecule has 4 rings (SSSR count). The highest BCUT2D eigenvalue weighted by Crippen LogP contribution is 2.30. The maximum atomic E-state index is 14.3. The SMILES string of the molecule is COC(=O)NCC(C)(C)CC(=O)NCCC(O)C(NC(=O)[C@@H](NC(=O)OCc1cncs1)C(C)(C)C)C(Cc1ccc(-c2ccccn2)cc1)c1ccccc1. The molecule has 2 heterocycles. The van der Waals surface area contributed by atoms with E-state index < -0.39 is 53.0 Å². The molecular formula is C42H54N6O7S. The summed E-state index contributed by atoms with van der Waals surface area (Å²) in [5, 5.41) is 23.4. The number of rotatable bonds is 18. The fraction of sp³-hybridized carbons (Fsp3) is 0.429. The molecule has 5 N–H and O–H groups in total. The topological polar surface area (TPSA) is 181 Å². The number of thiazole rings is 1. The number of aromatic nitrogens is 2. The number of nitrogens with zero attached hydrogens (tertiary/aromatic N) is 2. The van der Waals surface area contributed by atoms with E-state index in [4.69, 9.17) is 4.74 Å². The number of methoxy groups -OCH3 is 1. The van der Waals surface area contributed by atoms with Gasteiger partial charge in [-0.05, 0) is 46.9 Å². The molecule has 13 nitrogen and oxygen atoms in total. The lowest BCUT2D eigenvalue weighted by molar-refractivity contribution is -0.127. The molecule has 4 atom stereocenters. The number of carbonyl (C=O) groups excluding carboxylic acids is 4. The van der Waals surface area contributed by atoms with Crippen LogP contribution in [0.3, 0.4) is 0 Å². The van der Waals surface area contributed by atoms with E-state index in [1.807, 2.05) is 107 Å². The van der Waals surface area contributed by atoms with Crippen LogP contribution < -0.4 is 21.3 Å². The summed E-state index contributed by atoms with van der Waals surface area (Å²) in [6.07, 6.45) is 1.58. The number of nitrogens with one attached hydrogen (secondary N) is 4. The van der Waals surface area contributed by atoms with Crippen molar-refractivity contribution < 1.29 is 33.8 Å². The lowest BCUT2D eigenvalue weighted by Gasteiger charge is -2.36. The largest absolute Gasteiger partial charge is 0.453 e. The van der Waals surface area contributed by atoms with Crippen molar-refractivity contribution in [3.63, 3.8) is 0 Å². The summed E-state index contributed by atoms with van der Waals surface area (Å²) in [7, 11) is 1.27. The maximum absolute atomic E-state index is 14.3. The number of pyridine rings is 1. The minimum Gasteiger partial charge on any atom is -0.453 e. The van der Waals surface area contributed by atoms with E-state index in [1.54, 1.807) is 17.9 Å². The van der Waals surface area contributed by atoms with E-state index in [0.717, 1.165) is 27.3 Å². The lowest BCUT2D eigenvalue weighted by atomic mass is 9.81. The third-order valence-electron chi connectivity index (χ3n) is 9.27. The van der Waals surface area contributed by atoms with E-state index in [-0.39, 0.29) is 38.4 Å². The Morgan fingerprint density at radius 2 is 1.59 bits per heavy atom. The minimum atomic E-state index is -1.12. The number of amides is 4. The first kappa shape index (κ1) is 43.4. The summed E-state index contributed by atoms with van der Waals surface area (Å²) < 4.78 is 10.1. The van der Waals surface area contributed by atoms with Crippen molar-refractivity contribution in [1.29, 1.82) is 0 Å².